The van der Waals surface area contributed by atoms with Crippen molar-refractivity contribution in [3.05, 3.63) is 29.3 Å². The molecule has 96 valence electrons. The quantitative estimate of drug-likeness (QED) is 0.822. The van der Waals surface area contributed by atoms with E-state index in [4.69, 9.17) is 4.74 Å². The fraction of sp³-hybridized carbons (Fsp3) is 0.571. The first kappa shape index (κ1) is 14.0. The molecular formula is C14H23NO2. The van der Waals surface area contributed by atoms with E-state index in [2.05, 4.69) is 17.0 Å². The van der Waals surface area contributed by atoms with Gasteiger partial charge in [-0.2, -0.15) is 0 Å². The molecule has 0 spiro atoms. The first-order chi connectivity index (χ1) is 8.02. The third-order valence-electron chi connectivity index (χ3n) is 2.68. The highest BCUT2D eigenvalue weighted by Gasteiger charge is 2.06. The molecule has 0 aromatic heterocycles. The predicted octanol–water partition coefficient (Wildman–Crippen LogP) is 2.07. The number of benzene rings is 1. The van der Waals surface area contributed by atoms with Gasteiger partial charge in [-0.3, -0.25) is 0 Å². The summed E-state index contributed by atoms with van der Waals surface area (Å²) in [6.07, 6.45) is 1.46. The standard InChI is InChI=1S/C14H23NO2/c1-11(16)5-6-12-7-8-14(17-4)13(9-12)10-15(2)3/h7-9,11,16H,5-6,10H2,1-4H3. The minimum Gasteiger partial charge on any atom is -0.496 e. The highest BCUT2D eigenvalue weighted by atomic mass is 16.5. The van der Waals surface area contributed by atoms with Gasteiger partial charge in [0.2, 0.25) is 0 Å². The van der Waals surface area contributed by atoms with Crippen LogP contribution in [0.25, 0.3) is 0 Å². The van der Waals surface area contributed by atoms with Crippen molar-refractivity contribution in [3.8, 4) is 5.75 Å². The normalized spacial score (nSPS) is 12.8. The van der Waals surface area contributed by atoms with Gasteiger partial charge in [-0.15, -0.1) is 0 Å². The van der Waals surface area contributed by atoms with E-state index in [0.717, 1.165) is 25.1 Å². The molecule has 0 saturated heterocycles. The summed E-state index contributed by atoms with van der Waals surface area (Å²) < 4.78 is 5.35. The molecule has 1 aromatic rings. The predicted molar refractivity (Wildman–Crippen MR) is 70.4 cm³/mol. The van der Waals surface area contributed by atoms with Crippen molar-refractivity contribution in [3.63, 3.8) is 0 Å². The molecule has 1 unspecified atom stereocenters. The summed E-state index contributed by atoms with van der Waals surface area (Å²) in [7, 11) is 5.79. The lowest BCUT2D eigenvalue weighted by Crippen LogP contribution is -2.12. The van der Waals surface area contributed by atoms with Crippen LogP contribution in [0.1, 0.15) is 24.5 Å². The van der Waals surface area contributed by atoms with Crippen LogP contribution in [0, 0.1) is 0 Å². The summed E-state index contributed by atoms with van der Waals surface area (Å²) in [5.74, 6) is 0.930. The van der Waals surface area contributed by atoms with Crippen LogP contribution in [0.4, 0.5) is 0 Å². The zero-order chi connectivity index (χ0) is 12.8. The molecule has 0 fully saturated rings. The van der Waals surface area contributed by atoms with Gasteiger partial charge in [0.15, 0.2) is 0 Å². The lowest BCUT2D eigenvalue weighted by Gasteiger charge is -2.15. The van der Waals surface area contributed by atoms with Crippen molar-refractivity contribution in [1.82, 2.24) is 4.90 Å². The second-order valence-corrected chi connectivity index (χ2v) is 4.77. The molecule has 0 heterocycles. The van der Waals surface area contributed by atoms with Crippen LogP contribution in [-0.4, -0.2) is 37.3 Å². The molecule has 0 aliphatic rings. The average molecular weight is 237 g/mol. The van der Waals surface area contributed by atoms with E-state index in [0.29, 0.717) is 0 Å². The van der Waals surface area contributed by atoms with Crippen LogP contribution >= 0.6 is 0 Å². The number of methoxy groups -OCH3 is 1. The number of nitrogens with zero attached hydrogens (tertiary/aromatic N) is 1. The number of rotatable bonds is 6. The van der Waals surface area contributed by atoms with E-state index >= 15 is 0 Å². The first-order valence-electron chi connectivity index (χ1n) is 6.01. The Hall–Kier alpha value is -1.06. The van der Waals surface area contributed by atoms with Gasteiger partial charge in [-0.05, 0) is 45.5 Å². The summed E-state index contributed by atoms with van der Waals surface area (Å²) in [6, 6.07) is 6.25. The second-order valence-electron chi connectivity index (χ2n) is 4.77. The van der Waals surface area contributed by atoms with Crippen molar-refractivity contribution < 1.29 is 9.84 Å². The number of hydrogen-bond acceptors (Lipinski definition) is 3. The number of ether oxygens (including phenoxy) is 1. The molecule has 1 N–H and O–H groups in total. The number of aryl methyl sites for hydroxylation is 1. The van der Waals surface area contributed by atoms with E-state index in [9.17, 15) is 5.11 Å². The number of aliphatic hydroxyl groups is 1. The molecule has 1 atom stereocenters. The molecule has 1 rings (SSSR count). The molecular weight excluding hydrogens is 214 g/mol. The van der Waals surface area contributed by atoms with Crippen LogP contribution in [0.5, 0.6) is 5.75 Å². The minimum absolute atomic E-state index is 0.241. The molecule has 3 heteroatoms. The number of hydrogen-bond donors (Lipinski definition) is 1. The van der Waals surface area contributed by atoms with Crippen molar-refractivity contribution in [2.75, 3.05) is 21.2 Å². The third-order valence-corrected chi connectivity index (χ3v) is 2.68. The maximum absolute atomic E-state index is 9.30. The summed E-state index contributed by atoms with van der Waals surface area (Å²) in [5, 5.41) is 9.30. The highest BCUT2D eigenvalue weighted by molar-refractivity contribution is 5.37. The van der Waals surface area contributed by atoms with E-state index in [1.165, 1.54) is 11.1 Å². The Bertz CT molecular complexity index is 348. The van der Waals surface area contributed by atoms with E-state index in [-0.39, 0.29) is 6.10 Å². The van der Waals surface area contributed by atoms with Crippen LogP contribution in [0.15, 0.2) is 18.2 Å². The molecule has 0 radical (unpaired) electrons. The maximum atomic E-state index is 9.30. The first-order valence-corrected chi connectivity index (χ1v) is 6.01. The van der Waals surface area contributed by atoms with Crippen LogP contribution in [-0.2, 0) is 13.0 Å². The molecule has 1 aromatic carbocycles. The van der Waals surface area contributed by atoms with Gasteiger partial charge in [0, 0.05) is 12.1 Å². The molecule has 0 bridgehead atoms. The largest absolute Gasteiger partial charge is 0.496 e. The zero-order valence-electron chi connectivity index (χ0n) is 11.2. The van der Waals surface area contributed by atoms with Crippen molar-refractivity contribution >= 4 is 0 Å². The highest BCUT2D eigenvalue weighted by Crippen LogP contribution is 2.22. The summed E-state index contributed by atoms with van der Waals surface area (Å²) in [6.45, 7) is 2.69. The van der Waals surface area contributed by atoms with Crippen LogP contribution < -0.4 is 4.74 Å². The lowest BCUT2D eigenvalue weighted by atomic mass is 10.0. The summed E-state index contributed by atoms with van der Waals surface area (Å²) in [4.78, 5) is 2.12. The van der Waals surface area contributed by atoms with Crippen LogP contribution in [0.2, 0.25) is 0 Å². The molecule has 0 saturated carbocycles. The van der Waals surface area contributed by atoms with Gasteiger partial charge < -0.3 is 14.7 Å². The van der Waals surface area contributed by atoms with Gasteiger partial charge >= 0.3 is 0 Å². The van der Waals surface area contributed by atoms with Crippen molar-refractivity contribution in [2.45, 2.75) is 32.4 Å². The van der Waals surface area contributed by atoms with E-state index < -0.39 is 0 Å². The third kappa shape index (κ3) is 4.75. The lowest BCUT2D eigenvalue weighted by molar-refractivity contribution is 0.185. The Morgan fingerprint density at radius 3 is 2.59 bits per heavy atom. The number of aliphatic hydroxyl groups excluding tert-OH is 1. The van der Waals surface area contributed by atoms with E-state index in [1.54, 1.807) is 7.11 Å². The Morgan fingerprint density at radius 1 is 1.35 bits per heavy atom. The zero-order valence-corrected chi connectivity index (χ0v) is 11.2. The van der Waals surface area contributed by atoms with Gasteiger partial charge in [0.05, 0.1) is 13.2 Å². The minimum atomic E-state index is -0.241. The Morgan fingerprint density at radius 2 is 2.06 bits per heavy atom. The van der Waals surface area contributed by atoms with Crippen molar-refractivity contribution in [2.24, 2.45) is 0 Å². The Labute approximate surface area is 104 Å². The molecule has 0 amide bonds. The summed E-state index contributed by atoms with van der Waals surface area (Å²) in [5.41, 5.74) is 2.45. The average Bonchev–Trinajstić information content (AvgIpc) is 2.25. The SMILES string of the molecule is COc1ccc(CCC(C)O)cc1CN(C)C. The fourth-order valence-electron chi connectivity index (χ4n) is 1.83. The molecule has 3 nitrogen and oxygen atoms in total. The maximum Gasteiger partial charge on any atom is 0.123 e. The molecule has 0 aliphatic carbocycles. The summed E-state index contributed by atoms with van der Waals surface area (Å²) >= 11 is 0. The van der Waals surface area contributed by atoms with E-state index in [1.807, 2.05) is 27.1 Å². The monoisotopic (exact) mass is 237 g/mol. The van der Waals surface area contributed by atoms with Crippen molar-refractivity contribution in [1.29, 1.82) is 0 Å². The second kappa shape index (κ2) is 6.62. The molecule has 0 aliphatic heterocycles. The van der Waals surface area contributed by atoms with Gasteiger partial charge in [-0.1, -0.05) is 12.1 Å². The topological polar surface area (TPSA) is 32.7 Å². The Balaban J connectivity index is 2.80. The Kier molecular flexibility index (Phi) is 5.45. The van der Waals surface area contributed by atoms with Gasteiger partial charge in [-0.25, -0.2) is 0 Å². The van der Waals surface area contributed by atoms with Gasteiger partial charge in [0.25, 0.3) is 0 Å². The van der Waals surface area contributed by atoms with Crippen LogP contribution in [0.3, 0.4) is 0 Å². The smallest absolute Gasteiger partial charge is 0.123 e. The fourth-order valence-corrected chi connectivity index (χ4v) is 1.83. The molecule has 17 heavy (non-hydrogen) atoms. The van der Waals surface area contributed by atoms with Gasteiger partial charge in [0.1, 0.15) is 5.75 Å².